The van der Waals surface area contributed by atoms with Gasteiger partial charge in [0.2, 0.25) is 0 Å². The summed E-state index contributed by atoms with van der Waals surface area (Å²) < 4.78 is 0. The van der Waals surface area contributed by atoms with Crippen LogP contribution in [0, 0.1) is 0 Å². The molecule has 0 saturated carbocycles. The van der Waals surface area contributed by atoms with E-state index in [4.69, 9.17) is 0 Å². The van der Waals surface area contributed by atoms with Gasteiger partial charge in [-0.25, -0.2) is 9.98 Å². The Hall–Kier alpha value is -1.95. The number of carbonyl (C=O) groups excluding carboxylic acids is 1. The van der Waals surface area contributed by atoms with Crippen molar-refractivity contribution in [3.8, 4) is 0 Å². The summed E-state index contributed by atoms with van der Waals surface area (Å²) in [4.78, 5) is 26.4. The van der Waals surface area contributed by atoms with Gasteiger partial charge in [0.05, 0.1) is 28.0 Å². The number of aliphatic imine (C=N–C) groups is 1. The maximum Gasteiger partial charge on any atom is 0.162 e. The Bertz CT molecular complexity index is 741. The highest BCUT2D eigenvalue weighted by Crippen LogP contribution is 2.41. The third-order valence-corrected chi connectivity index (χ3v) is 5.57. The summed E-state index contributed by atoms with van der Waals surface area (Å²) >= 11 is 1.41. The van der Waals surface area contributed by atoms with Crippen LogP contribution in [0.15, 0.2) is 17.3 Å². The number of thiophene rings is 1. The molecule has 0 bridgehead atoms. The van der Waals surface area contributed by atoms with Crippen LogP contribution >= 0.6 is 11.3 Å². The number of pyridine rings is 1. The molecule has 0 radical (unpaired) electrons. The van der Waals surface area contributed by atoms with Crippen molar-refractivity contribution in [2.45, 2.75) is 46.0 Å². The third-order valence-electron chi connectivity index (χ3n) is 4.56. The predicted molar refractivity (Wildman–Crippen MR) is 113 cm³/mol. The Labute approximate surface area is 160 Å². The minimum atomic E-state index is 0.636. The van der Waals surface area contributed by atoms with Gasteiger partial charge in [-0.1, -0.05) is 32.6 Å². The maximum atomic E-state index is 11.5. The van der Waals surface area contributed by atoms with Crippen molar-refractivity contribution in [1.29, 1.82) is 0 Å². The molecule has 0 spiro atoms. The van der Waals surface area contributed by atoms with Gasteiger partial charge in [0.1, 0.15) is 4.83 Å². The number of aromatic nitrogens is 1. The Morgan fingerprint density at radius 1 is 1.19 bits per heavy atom. The first kappa shape index (κ1) is 20.4. The molecule has 0 N–H and O–H groups in total. The molecule has 2 heterocycles. The van der Waals surface area contributed by atoms with Crippen LogP contribution in [0.1, 0.15) is 55.6 Å². The van der Waals surface area contributed by atoms with Crippen molar-refractivity contribution in [1.82, 2.24) is 9.88 Å². The van der Waals surface area contributed by atoms with Crippen LogP contribution in [-0.2, 0) is 0 Å². The zero-order valence-corrected chi connectivity index (χ0v) is 17.2. The van der Waals surface area contributed by atoms with Gasteiger partial charge in [0.15, 0.2) is 6.29 Å². The van der Waals surface area contributed by atoms with E-state index in [1.54, 1.807) is 6.20 Å². The lowest BCUT2D eigenvalue weighted by Crippen LogP contribution is -2.17. The van der Waals surface area contributed by atoms with Crippen molar-refractivity contribution < 1.29 is 4.79 Å². The van der Waals surface area contributed by atoms with Gasteiger partial charge in [0, 0.05) is 33.4 Å². The van der Waals surface area contributed by atoms with Gasteiger partial charge in [0.25, 0.3) is 0 Å². The Morgan fingerprint density at radius 3 is 2.65 bits per heavy atom. The first-order valence-corrected chi connectivity index (χ1v) is 10.3. The molecule has 2 aromatic rings. The zero-order valence-electron chi connectivity index (χ0n) is 16.4. The molecule has 0 aliphatic heterocycles. The second-order valence-electron chi connectivity index (χ2n) is 6.60. The number of hydrogen-bond acceptors (Lipinski definition) is 5. The third kappa shape index (κ3) is 5.04. The van der Waals surface area contributed by atoms with E-state index in [0.29, 0.717) is 4.88 Å². The maximum absolute atomic E-state index is 11.5. The summed E-state index contributed by atoms with van der Waals surface area (Å²) in [5, 5.41) is 0.969. The quantitative estimate of drug-likeness (QED) is 0.237. The Kier molecular flexibility index (Phi) is 8.04. The molecule has 0 aromatic carbocycles. The smallest absolute Gasteiger partial charge is 0.162 e. The fourth-order valence-electron chi connectivity index (χ4n) is 2.88. The molecule has 6 heteroatoms. The van der Waals surface area contributed by atoms with Crippen molar-refractivity contribution in [2.24, 2.45) is 4.99 Å². The molecule has 5 nitrogen and oxygen atoms in total. The summed E-state index contributed by atoms with van der Waals surface area (Å²) in [7, 11) is 4.08. The molecule has 2 rings (SSSR count). The second-order valence-corrected chi connectivity index (χ2v) is 7.63. The molecule has 2 aromatic heterocycles. The number of aldehydes is 1. The van der Waals surface area contributed by atoms with Crippen LogP contribution in [0.25, 0.3) is 10.2 Å². The predicted octanol–water partition coefficient (Wildman–Crippen LogP) is 5.13. The first-order chi connectivity index (χ1) is 12.6. The van der Waals surface area contributed by atoms with Crippen molar-refractivity contribution >= 4 is 45.6 Å². The number of fused-ring (bicyclic) bond motifs is 1. The Balaban J connectivity index is 2.20. The molecule has 0 saturated heterocycles. The van der Waals surface area contributed by atoms with Crippen LogP contribution in [-0.4, -0.2) is 49.7 Å². The van der Waals surface area contributed by atoms with Crippen molar-refractivity contribution in [2.75, 3.05) is 32.1 Å². The van der Waals surface area contributed by atoms with Gasteiger partial charge >= 0.3 is 0 Å². The Morgan fingerprint density at radius 2 is 1.96 bits per heavy atom. The van der Waals surface area contributed by atoms with Crippen LogP contribution in [0.3, 0.4) is 0 Å². The monoisotopic (exact) mass is 374 g/mol. The number of nitrogens with zero attached hydrogens (tertiary/aromatic N) is 4. The van der Waals surface area contributed by atoms with E-state index in [9.17, 15) is 4.79 Å². The van der Waals surface area contributed by atoms with E-state index in [2.05, 4.69) is 33.6 Å². The van der Waals surface area contributed by atoms with E-state index >= 15 is 0 Å². The molecule has 0 atom stereocenters. The average molecular weight is 375 g/mol. The molecule has 26 heavy (non-hydrogen) atoms. The van der Waals surface area contributed by atoms with Gasteiger partial charge in [-0.05, 0) is 19.4 Å². The van der Waals surface area contributed by atoms with Crippen LogP contribution in [0.4, 0.5) is 11.4 Å². The summed E-state index contributed by atoms with van der Waals surface area (Å²) in [6.45, 7) is 6.19. The van der Waals surface area contributed by atoms with Gasteiger partial charge in [-0.2, -0.15) is 0 Å². The largest absolute Gasteiger partial charge is 0.374 e. The van der Waals surface area contributed by atoms with Crippen LogP contribution < -0.4 is 4.90 Å². The summed E-state index contributed by atoms with van der Waals surface area (Å²) in [5.41, 5.74) is 1.80. The molecular weight excluding hydrogens is 344 g/mol. The number of carbonyl (C=O) groups is 1. The summed E-state index contributed by atoms with van der Waals surface area (Å²) in [6, 6.07) is 1.99. The SMILES string of the molecule is CCCCCCCN(C)C=Nc1c(C=O)sc2nccc(N(C)CC)c12. The fourth-order valence-corrected chi connectivity index (χ4v) is 3.81. The average Bonchev–Trinajstić information content (AvgIpc) is 3.03. The minimum Gasteiger partial charge on any atom is -0.374 e. The lowest BCUT2D eigenvalue weighted by molar-refractivity contribution is 0.112. The highest BCUT2D eigenvalue weighted by molar-refractivity contribution is 7.21. The molecule has 0 aliphatic carbocycles. The minimum absolute atomic E-state index is 0.636. The van der Waals surface area contributed by atoms with Gasteiger partial charge in [-0.15, -0.1) is 11.3 Å². The topological polar surface area (TPSA) is 48.8 Å². The van der Waals surface area contributed by atoms with Gasteiger partial charge < -0.3 is 9.80 Å². The molecule has 142 valence electrons. The van der Waals surface area contributed by atoms with E-state index in [0.717, 1.165) is 41.0 Å². The lowest BCUT2D eigenvalue weighted by atomic mass is 10.1. The van der Waals surface area contributed by atoms with Crippen molar-refractivity contribution in [3.05, 3.63) is 17.1 Å². The van der Waals surface area contributed by atoms with E-state index in [1.165, 1.54) is 43.4 Å². The van der Waals surface area contributed by atoms with Crippen LogP contribution in [0.5, 0.6) is 0 Å². The molecule has 0 amide bonds. The lowest BCUT2D eigenvalue weighted by Gasteiger charge is -2.18. The standard InChI is InChI=1S/C20H30N4OS/c1-5-7-8-9-10-13-23(3)15-22-19-17(14-25)26-20-18(19)16(11-12-21-20)24(4)6-2/h11-12,14-15H,5-10,13H2,1-4H3. The number of unbranched alkanes of at least 4 members (excludes halogenated alkanes) is 4. The van der Waals surface area contributed by atoms with Crippen molar-refractivity contribution in [3.63, 3.8) is 0 Å². The van der Waals surface area contributed by atoms with Crippen LogP contribution in [0.2, 0.25) is 0 Å². The summed E-state index contributed by atoms with van der Waals surface area (Å²) in [6.07, 6.45) is 10.8. The zero-order chi connectivity index (χ0) is 18.9. The number of anilines is 1. The highest BCUT2D eigenvalue weighted by atomic mass is 32.1. The normalized spacial score (nSPS) is 11.4. The van der Waals surface area contributed by atoms with E-state index in [1.807, 2.05) is 26.5 Å². The molecule has 0 unspecified atom stereocenters. The number of rotatable bonds is 11. The van der Waals surface area contributed by atoms with E-state index < -0.39 is 0 Å². The first-order valence-electron chi connectivity index (χ1n) is 9.44. The number of hydrogen-bond donors (Lipinski definition) is 0. The van der Waals surface area contributed by atoms with Gasteiger partial charge in [-0.3, -0.25) is 4.79 Å². The molecular formula is C20H30N4OS. The second kappa shape index (κ2) is 10.3. The molecule has 0 aliphatic rings. The fraction of sp³-hybridized carbons (Fsp3) is 0.550. The molecule has 0 fully saturated rings. The highest BCUT2D eigenvalue weighted by Gasteiger charge is 2.17. The summed E-state index contributed by atoms with van der Waals surface area (Å²) in [5.74, 6) is 0. The van der Waals surface area contributed by atoms with E-state index in [-0.39, 0.29) is 0 Å².